The average molecular weight is 284 g/mol. The second kappa shape index (κ2) is 5.48. The van der Waals surface area contributed by atoms with E-state index in [1.165, 1.54) is 0 Å². The van der Waals surface area contributed by atoms with Crippen LogP contribution < -0.4 is 14.2 Å². The molecule has 4 heteroatoms. The van der Waals surface area contributed by atoms with E-state index < -0.39 is 0 Å². The van der Waals surface area contributed by atoms with Crippen LogP contribution >= 0.6 is 0 Å². The third-order valence-electron chi connectivity index (χ3n) is 3.59. The summed E-state index contributed by atoms with van der Waals surface area (Å²) in [7, 11) is 3.20. The number of Topliss-reactive ketones (excluding diaryl/α,β-unsaturated/α-hetero) is 1. The molecule has 0 unspecified atom stereocenters. The van der Waals surface area contributed by atoms with E-state index in [-0.39, 0.29) is 11.9 Å². The number of methoxy groups -OCH3 is 2. The van der Waals surface area contributed by atoms with Crippen LogP contribution in [0.3, 0.4) is 0 Å². The normalized spacial score (nSPS) is 16.9. The molecule has 2 aromatic rings. The molecule has 0 aromatic heterocycles. The van der Waals surface area contributed by atoms with Gasteiger partial charge in [0.2, 0.25) is 0 Å². The van der Waals surface area contributed by atoms with Crippen LogP contribution in [0.25, 0.3) is 0 Å². The zero-order valence-electron chi connectivity index (χ0n) is 12.0. The lowest BCUT2D eigenvalue weighted by atomic mass is 9.96. The zero-order chi connectivity index (χ0) is 14.8. The SMILES string of the molecule is COc1cccc([C@H]2CC(=O)c3cc(OC)ccc3O2)c1. The highest BCUT2D eigenvalue weighted by molar-refractivity contribution is 6.00. The number of fused-ring (bicyclic) bond motifs is 1. The highest BCUT2D eigenvalue weighted by atomic mass is 16.5. The fraction of sp³-hybridized carbons (Fsp3) is 0.235. The summed E-state index contributed by atoms with van der Waals surface area (Å²) in [5.74, 6) is 2.07. The van der Waals surface area contributed by atoms with Crippen molar-refractivity contribution in [2.45, 2.75) is 12.5 Å². The Kier molecular flexibility index (Phi) is 3.52. The number of ether oxygens (including phenoxy) is 3. The first-order valence-corrected chi connectivity index (χ1v) is 6.73. The van der Waals surface area contributed by atoms with E-state index >= 15 is 0 Å². The highest BCUT2D eigenvalue weighted by Gasteiger charge is 2.28. The molecule has 2 aromatic carbocycles. The molecule has 0 bridgehead atoms. The van der Waals surface area contributed by atoms with Gasteiger partial charge in [-0.05, 0) is 35.9 Å². The third kappa shape index (κ3) is 2.57. The summed E-state index contributed by atoms with van der Waals surface area (Å²) < 4.78 is 16.3. The Hall–Kier alpha value is -2.49. The van der Waals surface area contributed by atoms with Gasteiger partial charge in [0.25, 0.3) is 0 Å². The standard InChI is InChI=1S/C17H16O4/c1-19-12-5-3-4-11(8-12)17-10-15(18)14-9-13(20-2)6-7-16(14)21-17/h3-9,17H,10H2,1-2H3/t17-/m1/s1. The molecule has 0 N–H and O–H groups in total. The Balaban J connectivity index is 1.92. The van der Waals surface area contributed by atoms with Gasteiger partial charge in [-0.2, -0.15) is 0 Å². The molecule has 1 heterocycles. The summed E-state index contributed by atoms with van der Waals surface area (Å²) in [6.07, 6.45) is 0.0290. The number of carbonyl (C=O) groups is 1. The minimum absolute atomic E-state index is 0.0583. The fourth-order valence-electron chi connectivity index (χ4n) is 2.46. The molecule has 0 amide bonds. The van der Waals surface area contributed by atoms with Crippen LogP contribution in [0.4, 0.5) is 0 Å². The second-order valence-electron chi connectivity index (χ2n) is 4.87. The number of hydrogen-bond donors (Lipinski definition) is 0. The number of benzene rings is 2. The van der Waals surface area contributed by atoms with Gasteiger partial charge in [-0.3, -0.25) is 4.79 Å². The fourth-order valence-corrected chi connectivity index (χ4v) is 2.46. The topological polar surface area (TPSA) is 44.8 Å². The number of hydrogen-bond acceptors (Lipinski definition) is 4. The maximum absolute atomic E-state index is 12.3. The number of rotatable bonds is 3. The minimum atomic E-state index is -0.284. The van der Waals surface area contributed by atoms with Gasteiger partial charge in [0, 0.05) is 0 Å². The number of carbonyl (C=O) groups excluding carboxylic acids is 1. The van der Waals surface area contributed by atoms with E-state index in [0.717, 1.165) is 11.3 Å². The predicted molar refractivity (Wildman–Crippen MR) is 78.3 cm³/mol. The first-order valence-electron chi connectivity index (χ1n) is 6.73. The molecule has 4 nitrogen and oxygen atoms in total. The van der Waals surface area contributed by atoms with Crippen LogP contribution in [-0.4, -0.2) is 20.0 Å². The summed E-state index contributed by atoms with van der Waals surface area (Å²) >= 11 is 0. The summed E-state index contributed by atoms with van der Waals surface area (Å²) in [5, 5.41) is 0. The van der Waals surface area contributed by atoms with E-state index in [0.29, 0.717) is 23.5 Å². The van der Waals surface area contributed by atoms with Crippen molar-refractivity contribution in [3.05, 3.63) is 53.6 Å². The van der Waals surface area contributed by atoms with Gasteiger partial charge in [0.05, 0.1) is 26.2 Å². The van der Waals surface area contributed by atoms with Crippen molar-refractivity contribution in [3.8, 4) is 17.2 Å². The maximum Gasteiger partial charge on any atom is 0.170 e. The molecule has 0 saturated heterocycles. The zero-order valence-corrected chi connectivity index (χ0v) is 12.0. The Morgan fingerprint density at radius 3 is 2.57 bits per heavy atom. The minimum Gasteiger partial charge on any atom is -0.497 e. The van der Waals surface area contributed by atoms with Crippen LogP contribution in [0.15, 0.2) is 42.5 Å². The molecule has 1 atom stereocenters. The van der Waals surface area contributed by atoms with Crippen molar-refractivity contribution in [1.82, 2.24) is 0 Å². The maximum atomic E-state index is 12.3. The van der Waals surface area contributed by atoms with E-state index in [1.807, 2.05) is 24.3 Å². The van der Waals surface area contributed by atoms with Gasteiger partial charge in [-0.15, -0.1) is 0 Å². The lowest BCUT2D eigenvalue weighted by Gasteiger charge is -2.26. The van der Waals surface area contributed by atoms with Crippen molar-refractivity contribution in [2.24, 2.45) is 0 Å². The Labute approximate surface area is 123 Å². The molecule has 0 radical (unpaired) electrons. The van der Waals surface area contributed by atoms with Crippen molar-refractivity contribution in [1.29, 1.82) is 0 Å². The summed E-state index contributed by atoms with van der Waals surface area (Å²) in [6.45, 7) is 0. The van der Waals surface area contributed by atoms with E-state index in [1.54, 1.807) is 32.4 Å². The largest absolute Gasteiger partial charge is 0.497 e. The smallest absolute Gasteiger partial charge is 0.170 e. The second-order valence-corrected chi connectivity index (χ2v) is 4.87. The van der Waals surface area contributed by atoms with E-state index in [9.17, 15) is 4.79 Å². The molecule has 108 valence electrons. The molecular weight excluding hydrogens is 268 g/mol. The quantitative estimate of drug-likeness (QED) is 0.866. The first-order chi connectivity index (χ1) is 10.2. The van der Waals surface area contributed by atoms with Crippen molar-refractivity contribution in [3.63, 3.8) is 0 Å². The van der Waals surface area contributed by atoms with Gasteiger partial charge in [-0.25, -0.2) is 0 Å². The van der Waals surface area contributed by atoms with Gasteiger partial charge >= 0.3 is 0 Å². The van der Waals surface area contributed by atoms with Crippen LogP contribution in [-0.2, 0) is 0 Å². The molecule has 3 rings (SSSR count). The Bertz CT molecular complexity index is 678. The molecule has 0 aliphatic carbocycles. The summed E-state index contributed by atoms with van der Waals surface area (Å²) in [5.41, 5.74) is 1.51. The molecular formula is C17H16O4. The highest BCUT2D eigenvalue weighted by Crippen LogP contribution is 2.37. The van der Waals surface area contributed by atoms with Crippen LogP contribution in [0.1, 0.15) is 28.4 Å². The lowest BCUT2D eigenvalue weighted by molar-refractivity contribution is 0.0849. The number of ketones is 1. The van der Waals surface area contributed by atoms with Gasteiger partial charge < -0.3 is 14.2 Å². The first kappa shape index (κ1) is 13.5. The van der Waals surface area contributed by atoms with Gasteiger partial charge in [0.1, 0.15) is 23.4 Å². The molecule has 0 fully saturated rings. The van der Waals surface area contributed by atoms with Crippen molar-refractivity contribution >= 4 is 5.78 Å². The van der Waals surface area contributed by atoms with Crippen LogP contribution in [0.2, 0.25) is 0 Å². The average Bonchev–Trinajstić information content (AvgIpc) is 2.54. The predicted octanol–water partition coefficient (Wildman–Crippen LogP) is 3.41. The molecule has 0 saturated carbocycles. The monoisotopic (exact) mass is 284 g/mol. The van der Waals surface area contributed by atoms with E-state index in [4.69, 9.17) is 14.2 Å². The van der Waals surface area contributed by atoms with Crippen LogP contribution in [0.5, 0.6) is 17.2 Å². The molecule has 1 aliphatic rings. The van der Waals surface area contributed by atoms with Crippen LogP contribution in [0, 0.1) is 0 Å². The van der Waals surface area contributed by atoms with E-state index in [2.05, 4.69) is 0 Å². The summed E-state index contributed by atoms with van der Waals surface area (Å²) in [6, 6.07) is 12.9. The van der Waals surface area contributed by atoms with Crippen molar-refractivity contribution in [2.75, 3.05) is 14.2 Å². The summed E-state index contributed by atoms with van der Waals surface area (Å²) in [4.78, 5) is 12.3. The lowest BCUT2D eigenvalue weighted by Crippen LogP contribution is -2.20. The third-order valence-corrected chi connectivity index (χ3v) is 3.59. The van der Waals surface area contributed by atoms with Gasteiger partial charge in [0.15, 0.2) is 5.78 Å². The van der Waals surface area contributed by atoms with Crippen molar-refractivity contribution < 1.29 is 19.0 Å². The Morgan fingerprint density at radius 2 is 1.81 bits per heavy atom. The van der Waals surface area contributed by atoms with Gasteiger partial charge in [-0.1, -0.05) is 12.1 Å². The Morgan fingerprint density at radius 1 is 1.05 bits per heavy atom. The molecule has 0 spiro atoms. The molecule has 1 aliphatic heterocycles. The molecule has 21 heavy (non-hydrogen) atoms.